The highest BCUT2D eigenvalue weighted by Crippen LogP contribution is 2.75. The molecule has 37 heteroatoms. The highest BCUT2D eigenvalue weighted by atomic mass is 79.9. The molecule has 11 N–H and O–H groups in total. The van der Waals surface area contributed by atoms with Gasteiger partial charge in [-0.15, -0.1) is 23.2 Å². The summed E-state index contributed by atoms with van der Waals surface area (Å²) in [6.45, 7) is 12.2. The Bertz CT molecular complexity index is 4090. The van der Waals surface area contributed by atoms with Crippen LogP contribution in [-0.4, -0.2) is 245 Å². The van der Waals surface area contributed by atoms with Crippen LogP contribution in [-0.2, 0) is 73.1 Å². The van der Waals surface area contributed by atoms with E-state index >= 15 is 0 Å². The largest absolute Gasteiger partial charge is 0.524 e. The second kappa shape index (κ2) is 39.4. The first kappa shape index (κ1) is 85.1. The molecular formula is C72H98BrCl2N12O21P. The van der Waals surface area contributed by atoms with Crippen LogP contribution in [0, 0.1) is 30.6 Å². The Morgan fingerprint density at radius 2 is 1.15 bits per heavy atom. The fraction of sp³-hybridized carbons (Fsp3) is 0.569. The maximum atomic E-state index is 15.0. The number of carbonyl (C=O) groups excluding carboxylic acids is 9. The number of hydrogen-bond donors (Lipinski definition) is 10. The Labute approximate surface area is 649 Å². The molecule has 109 heavy (non-hydrogen) atoms. The molecule has 3 aromatic carbocycles. The molecule has 3 saturated carbocycles. The van der Waals surface area contributed by atoms with Gasteiger partial charge in [0.25, 0.3) is 0 Å². The zero-order valence-electron chi connectivity index (χ0n) is 61.9. The van der Waals surface area contributed by atoms with Gasteiger partial charge in [-0.3, -0.25) is 38.6 Å². The van der Waals surface area contributed by atoms with Crippen molar-refractivity contribution in [2.75, 3.05) is 165 Å². The molecule has 3 fully saturated rings. The minimum Gasteiger partial charge on any atom is -0.445 e. The van der Waals surface area contributed by atoms with Crippen molar-refractivity contribution >= 4 is 139 Å². The summed E-state index contributed by atoms with van der Waals surface area (Å²) in [4.78, 5) is 152. The number of urea groups is 1. The number of carbonyl (C=O) groups is 9. The number of phosphoric acid groups is 1. The molecule has 598 valence electrons. The van der Waals surface area contributed by atoms with Gasteiger partial charge in [0.15, 0.2) is 11.5 Å². The SMILES string of the molecule is Cc1c[nH]c2c(OC(=O)N(C)CCN(C)C(=O)OCc3ccc(NC(=O)C(CCCNC(N)=O)NC(=O)C(NC(=O)CCOCCOCCOCCOCCOCCOCCNC(=O)CBr)C(C)C)cc3)cc3c(c12)C(CCl)CN3C(=O)C12CC(C(=O)N3CC(CCl)c4c3cc(OP(=O)(O)O)c3[nH]cc(C)c43)(C1)C2. The Hall–Kier alpha value is -7.86. The normalized spacial score (nSPS) is 18.1. The predicted molar refractivity (Wildman–Crippen MR) is 407 cm³/mol. The number of anilines is 3. The third kappa shape index (κ3) is 21.8. The molecule has 0 spiro atoms. The van der Waals surface area contributed by atoms with E-state index in [-0.39, 0.29) is 162 Å². The molecule has 0 saturated heterocycles. The summed E-state index contributed by atoms with van der Waals surface area (Å²) in [7, 11) is -1.98. The van der Waals surface area contributed by atoms with E-state index in [1.54, 1.807) is 66.4 Å². The average Bonchev–Trinajstić information content (AvgIpc) is 1.58. The maximum absolute atomic E-state index is 15.0. The number of amides is 10. The Morgan fingerprint density at radius 3 is 1.63 bits per heavy atom. The number of halogens is 3. The molecule has 2 aromatic heterocycles. The van der Waals surface area contributed by atoms with Gasteiger partial charge in [-0.2, -0.15) is 0 Å². The first-order valence-corrected chi connectivity index (χ1v) is 39.8. The number of nitrogens with one attached hydrogen (secondary N) is 7. The van der Waals surface area contributed by atoms with Gasteiger partial charge in [-0.05, 0) is 91.8 Å². The number of aryl methyl sites for hydroxylation is 2. The third-order valence-electron chi connectivity index (χ3n) is 19.6. The summed E-state index contributed by atoms with van der Waals surface area (Å²) in [5.41, 5.74) is 9.58. The lowest BCUT2D eigenvalue weighted by molar-refractivity contribution is -0.205. The van der Waals surface area contributed by atoms with Crippen LogP contribution in [0.15, 0.2) is 48.8 Å². The van der Waals surface area contributed by atoms with Gasteiger partial charge in [-0.25, -0.2) is 18.9 Å². The van der Waals surface area contributed by atoms with Gasteiger partial charge in [0.2, 0.25) is 35.4 Å². The number of alkyl halides is 3. The summed E-state index contributed by atoms with van der Waals surface area (Å²) in [6.07, 6.45) is 3.16. The van der Waals surface area contributed by atoms with Crippen molar-refractivity contribution in [1.82, 2.24) is 41.0 Å². The number of fused-ring (bicyclic) bond motifs is 6. The number of ether oxygens (including phenoxy) is 8. The summed E-state index contributed by atoms with van der Waals surface area (Å²) in [5.74, 6) is -2.65. The van der Waals surface area contributed by atoms with E-state index in [1.807, 2.05) is 13.8 Å². The molecule has 33 nitrogen and oxygen atoms in total. The standard InChI is InChI=1S/C72H98BrCl2N12O21P/c1-43(2)61(83-55(88)13-18-100-20-22-102-24-26-104-28-29-105-27-25-103-23-21-101-19-15-77-56(89)32-73)65(91)82-50(8-7-14-78-68(76)94)64(90)81-49-11-9-46(10-12-49)39-106-69(95)84(5)16-17-85(6)70(96)107-53-30-51-59(57-44(3)35-79-62(53)57)47(33-74)37-86(51)66(92)71-40-72(41-71,42-71)67(93)87-38-48(34-75)60-52(87)31-54(108-109(97,98)99)63-58(60)45(4)36-80-63/h9-12,30-31,35-36,43,47-48,50,61,79-80H,7-8,13-29,32-34,37-42H2,1-6H3,(H,77,89)(H,81,90)(H,82,91)(H,83,88)(H3,76,78,94)(H2,97,98,99). The quantitative estimate of drug-likeness (QED) is 0.0111. The van der Waals surface area contributed by atoms with Crippen molar-refractivity contribution < 1.29 is 99.9 Å². The Kier molecular flexibility index (Phi) is 30.7. The zero-order valence-corrected chi connectivity index (χ0v) is 65.9. The smallest absolute Gasteiger partial charge is 0.445 e. The van der Waals surface area contributed by atoms with Crippen LogP contribution in [0.3, 0.4) is 0 Å². The van der Waals surface area contributed by atoms with Crippen LogP contribution in [0.1, 0.15) is 92.0 Å². The van der Waals surface area contributed by atoms with E-state index in [0.29, 0.717) is 105 Å². The van der Waals surface area contributed by atoms with Crippen molar-refractivity contribution in [3.05, 3.63) is 76.6 Å². The fourth-order valence-electron chi connectivity index (χ4n) is 14.1. The second-order valence-corrected chi connectivity index (χ2v) is 30.3. The molecule has 10 rings (SSSR count). The topological polar surface area (TPSA) is 425 Å². The molecule has 2 bridgehead atoms. The lowest BCUT2D eigenvalue weighted by Crippen LogP contribution is -2.73. The fourth-order valence-corrected chi connectivity index (χ4v) is 15.2. The number of aromatic amines is 2. The summed E-state index contributed by atoms with van der Waals surface area (Å²) in [6, 6.07) is 6.71. The lowest BCUT2D eigenvalue weighted by Gasteiger charge is -2.69. The number of primary amides is 1. The van der Waals surface area contributed by atoms with E-state index < -0.39 is 66.7 Å². The third-order valence-corrected chi connectivity index (χ3v) is 21.3. The predicted octanol–water partition coefficient (Wildman–Crippen LogP) is 6.66. The van der Waals surface area contributed by atoms with Crippen LogP contribution in [0.5, 0.6) is 11.5 Å². The van der Waals surface area contributed by atoms with Gasteiger partial charge >= 0.3 is 26.0 Å². The Balaban J connectivity index is 0.692. The number of H-pyrrole nitrogens is 2. The first-order valence-electron chi connectivity index (χ1n) is 36.0. The number of likely N-dealkylation sites (N-methyl/N-ethyl adjacent to an activating group) is 2. The van der Waals surface area contributed by atoms with Gasteiger partial charge in [-0.1, -0.05) is 41.9 Å². The number of benzene rings is 3. The highest BCUT2D eigenvalue weighted by molar-refractivity contribution is 9.09. The van der Waals surface area contributed by atoms with Crippen LogP contribution in [0.25, 0.3) is 21.8 Å². The summed E-state index contributed by atoms with van der Waals surface area (Å²) < 4.78 is 61.8. The minimum absolute atomic E-state index is 0.0230. The molecule has 0 radical (unpaired) electrons. The minimum atomic E-state index is -5.00. The number of hydrogen-bond acceptors (Lipinski definition) is 19. The van der Waals surface area contributed by atoms with Crippen molar-refractivity contribution in [3.63, 3.8) is 0 Å². The van der Waals surface area contributed by atoms with Gasteiger partial charge in [0.05, 0.1) is 118 Å². The van der Waals surface area contributed by atoms with Crippen molar-refractivity contribution in [2.45, 2.75) is 96.7 Å². The first-order chi connectivity index (χ1) is 52.1. The van der Waals surface area contributed by atoms with E-state index in [9.17, 15) is 57.5 Å². The maximum Gasteiger partial charge on any atom is 0.524 e. The molecule has 5 aromatic rings. The summed E-state index contributed by atoms with van der Waals surface area (Å²) in [5, 5.41) is 15.1. The van der Waals surface area contributed by atoms with E-state index in [0.717, 1.165) is 27.6 Å². The van der Waals surface area contributed by atoms with Crippen LogP contribution >= 0.6 is 47.0 Å². The van der Waals surface area contributed by atoms with E-state index in [2.05, 4.69) is 52.5 Å². The van der Waals surface area contributed by atoms with Crippen LogP contribution in [0.4, 0.5) is 31.4 Å². The number of nitrogens with zero attached hydrogens (tertiary/aromatic N) is 4. The van der Waals surface area contributed by atoms with Gasteiger partial charge in [0, 0.05) is 124 Å². The average molecular weight is 1650 g/mol. The molecule has 5 aliphatic rings. The molecule has 2 aliphatic heterocycles. The molecule has 3 aliphatic carbocycles. The van der Waals surface area contributed by atoms with Crippen molar-refractivity contribution in [3.8, 4) is 11.5 Å². The van der Waals surface area contributed by atoms with E-state index in [4.69, 9.17) is 71.4 Å². The highest BCUT2D eigenvalue weighted by Gasteiger charge is 2.76. The monoisotopic (exact) mass is 1650 g/mol. The zero-order chi connectivity index (χ0) is 78.7. The molecule has 4 atom stereocenters. The van der Waals surface area contributed by atoms with Crippen LogP contribution in [0.2, 0.25) is 0 Å². The number of phosphoric ester groups is 1. The van der Waals surface area contributed by atoms with Crippen LogP contribution < -0.4 is 51.4 Å². The van der Waals surface area contributed by atoms with Crippen molar-refractivity contribution in [2.24, 2.45) is 22.5 Å². The molecule has 4 heterocycles. The molecule has 10 amide bonds. The van der Waals surface area contributed by atoms with E-state index in [1.165, 1.54) is 30.0 Å². The number of nitrogens with two attached hydrogens (primary N) is 1. The molecular weight excluding hydrogens is 1550 g/mol. The number of aromatic nitrogens is 2. The summed E-state index contributed by atoms with van der Waals surface area (Å²) >= 11 is 16.3. The second-order valence-electron chi connectivity index (χ2n) is 27.9. The molecule has 4 unspecified atom stereocenters. The lowest BCUT2D eigenvalue weighted by atomic mass is 9.34. The van der Waals surface area contributed by atoms with Crippen molar-refractivity contribution in [1.29, 1.82) is 0 Å². The van der Waals surface area contributed by atoms with Gasteiger partial charge < -0.3 is 104 Å². The van der Waals surface area contributed by atoms with Gasteiger partial charge in [0.1, 0.15) is 18.7 Å². The Morgan fingerprint density at radius 1 is 0.661 bits per heavy atom. The number of rotatable bonds is 44.